The number of hydrogen-bond acceptors (Lipinski definition) is 2. The number of ether oxygens (including phenoxy) is 1. The smallest absolute Gasteiger partial charge is 0.329 e. The van der Waals surface area contributed by atoms with Crippen molar-refractivity contribution in [1.82, 2.24) is 0 Å². The highest BCUT2D eigenvalue weighted by Gasteiger charge is 1.91. The first kappa shape index (κ1) is 13.9. The van der Waals surface area contributed by atoms with Crippen molar-refractivity contribution in [3.8, 4) is 11.1 Å². The fraction of sp³-hybridized carbons (Fsp3) is 0.133. The summed E-state index contributed by atoms with van der Waals surface area (Å²) >= 11 is 0. The number of carboxylic acids is 1. The van der Waals surface area contributed by atoms with Crippen molar-refractivity contribution in [1.29, 1.82) is 0 Å². The first-order chi connectivity index (χ1) is 8.74. The second-order valence-corrected chi connectivity index (χ2v) is 3.56. The quantitative estimate of drug-likeness (QED) is 0.902. The van der Waals surface area contributed by atoms with Gasteiger partial charge < -0.3 is 9.84 Å². The van der Waals surface area contributed by atoms with Crippen molar-refractivity contribution < 1.29 is 14.6 Å². The summed E-state index contributed by atoms with van der Waals surface area (Å²) in [6, 6.07) is 20.8. The van der Waals surface area contributed by atoms with E-state index in [0.717, 1.165) is 0 Å². The zero-order valence-electron chi connectivity index (χ0n) is 10.2. The lowest BCUT2D eigenvalue weighted by molar-refractivity contribution is -0.141. The minimum absolute atomic E-state index is 0.208. The van der Waals surface area contributed by atoms with Crippen LogP contribution in [0, 0.1) is 0 Å². The number of benzene rings is 2. The maximum atomic E-state index is 9.47. The SMILES string of the molecule is COCC(=O)O.c1ccc(-c2ccccc2)cc1. The van der Waals surface area contributed by atoms with Gasteiger partial charge in [-0.3, -0.25) is 0 Å². The predicted octanol–water partition coefficient (Wildman–Crippen LogP) is 3.07. The lowest BCUT2D eigenvalue weighted by Gasteiger charge is -1.98. The molecule has 0 saturated heterocycles. The van der Waals surface area contributed by atoms with Gasteiger partial charge in [-0.2, -0.15) is 0 Å². The number of hydrogen-bond donors (Lipinski definition) is 1. The summed E-state index contributed by atoms with van der Waals surface area (Å²) in [7, 11) is 1.34. The molecule has 0 aliphatic carbocycles. The van der Waals surface area contributed by atoms with E-state index < -0.39 is 5.97 Å². The number of carboxylic acid groups (broad SMARTS) is 1. The molecule has 0 unspecified atom stereocenters. The van der Waals surface area contributed by atoms with Crippen LogP contribution in [-0.4, -0.2) is 24.8 Å². The van der Waals surface area contributed by atoms with E-state index >= 15 is 0 Å². The Labute approximate surface area is 107 Å². The Morgan fingerprint density at radius 3 is 1.56 bits per heavy atom. The maximum Gasteiger partial charge on any atom is 0.329 e. The van der Waals surface area contributed by atoms with Gasteiger partial charge >= 0.3 is 5.97 Å². The second kappa shape index (κ2) is 8.03. The van der Waals surface area contributed by atoms with Crippen molar-refractivity contribution in [2.75, 3.05) is 13.7 Å². The van der Waals surface area contributed by atoms with Crippen LogP contribution in [0.4, 0.5) is 0 Å². The summed E-state index contributed by atoms with van der Waals surface area (Å²) in [4.78, 5) is 9.47. The Morgan fingerprint density at radius 1 is 0.944 bits per heavy atom. The van der Waals surface area contributed by atoms with Crippen LogP contribution in [0.2, 0.25) is 0 Å². The molecule has 0 radical (unpaired) electrons. The molecule has 0 atom stereocenters. The van der Waals surface area contributed by atoms with Crippen molar-refractivity contribution >= 4 is 5.97 Å². The van der Waals surface area contributed by atoms with Gasteiger partial charge in [-0.25, -0.2) is 4.79 Å². The van der Waals surface area contributed by atoms with Gasteiger partial charge in [0.15, 0.2) is 0 Å². The van der Waals surface area contributed by atoms with Crippen molar-refractivity contribution in [2.45, 2.75) is 0 Å². The lowest BCUT2D eigenvalue weighted by Crippen LogP contribution is -2.02. The zero-order chi connectivity index (χ0) is 13.2. The fourth-order valence-electron chi connectivity index (χ4n) is 1.38. The second-order valence-electron chi connectivity index (χ2n) is 3.56. The molecule has 94 valence electrons. The Hall–Kier alpha value is -2.13. The van der Waals surface area contributed by atoms with Gasteiger partial charge in [0.05, 0.1) is 0 Å². The van der Waals surface area contributed by atoms with E-state index in [1.54, 1.807) is 0 Å². The van der Waals surface area contributed by atoms with Crippen LogP contribution >= 0.6 is 0 Å². The highest BCUT2D eigenvalue weighted by atomic mass is 16.5. The summed E-state index contributed by atoms with van der Waals surface area (Å²) in [6.07, 6.45) is 0. The predicted molar refractivity (Wildman–Crippen MR) is 71.4 cm³/mol. The summed E-state index contributed by atoms with van der Waals surface area (Å²) in [5.41, 5.74) is 2.55. The van der Waals surface area contributed by atoms with Gasteiger partial charge in [0.25, 0.3) is 0 Å². The average molecular weight is 244 g/mol. The lowest BCUT2D eigenvalue weighted by atomic mass is 10.1. The van der Waals surface area contributed by atoms with Crippen LogP contribution in [0.15, 0.2) is 60.7 Å². The van der Waals surface area contributed by atoms with E-state index in [-0.39, 0.29) is 6.61 Å². The van der Waals surface area contributed by atoms with E-state index in [9.17, 15) is 4.79 Å². The van der Waals surface area contributed by atoms with Gasteiger partial charge in [-0.05, 0) is 11.1 Å². The summed E-state index contributed by atoms with van der Waals surface area (Å²) in [6.45, 7) is -0.208. The normalized spacial score (nSPS) is 9.17. The summed E-state index contributed by atoms with van der Waals surface area (Å²) < 4.78 is 4.20. The molecule has 0 fully saturated rings. The molecule has 1 N–H and O–H groups in total. The molecule has 0 heterocycles. The molecule has 0 aromatic heterocycles. The Bertz CT molecular complexity index is 414. The van der Waals surface area contributed by atoms with Gasteiger partial charge in [-0.1, -0.05) is 60.7 Å². The number of carbonyl (C=O) groups is 1. The molecule has 2 aromatic rings. The van der Waals surface area contributed by atoms with E-state index in [0.29, 0.717) is 0 Å². The number of aliphatic carboxylic acids is 1. The van der Waals surface area contributed by atoms with Crippen LogP contribution in [0.1, 0.15) is 0 Å². The largest absolute Gasteiger partial charge is 0.480 e. The molecule has 0 saturated carbocycles. The third kappa shape index (κ3) is 5.27. The number of rotatable bonds is 3. The summed E-state index contributed by atoms with van der Waals surface area (Å²) in [5.74, 6) is -0.933. The van der Waals surface area contributed by atoms with Crippen molar-refractivity contribution in [3.63, 3.8) is 0 Å². The van der Waals surface area contributed by atoms with Gasteiger partial charge in [0, 0.05) is 7.11 Å². The standard InChI is InChI=1S/C12H10.C3H6O3/c1-3-7-11(8-4-1)12-9-5-2-6-10-12;1-6-2-3(4)5/h1-10H;2H2,1H3,(H,4,5). The molecule has 0 amide bonds. The average Bonchev–Trinajstić information content (AvgIpc) is 2.41. The third-order valence-corrected chi connectivity index (χ3v) is 2.15. The third-order valence-electron chi connectivity index (χ3n) is 2.15. The van der Waals surface area contributed by atoms with Gasteiger partial charge in [0.1, 0.15) is 6.61 Å². The van der Waals surface area contributed by atoms with Crippen molar-refractivity contribution in [2.24, 2.45) is 0 Å². The van der Waals surface area contributed by atoms with E-state index in [4.69, 9.17) is 5.11 Å². The van der Waals surface area contributed by atoms with Crippen molar-refractivity contribution in [3.05, 3.63) is 60.7 Å². The topological polar surface area (TPSA) is 46.5 Å². The molecule has 0 bridgehead atoms. The highest BCUT2D eigenvalue weighted by Crippen LogP contribution is 2.17. The van der Waals surface area contributed by atoms with Crippen LogP contribution in [0.25, 0.3) is 11.1 Å². The molecular weight excluding hydrogens is 228 g/mol. The Morgan fingerprint density at radius 2 is 1.33 bits per heavy atom. The first-order valence-electron chi connectivity index (χ1n) is 5.55. The molecule has 0 aliphatic heterocycles. The van der Waals surface area contributed by atoms with E-state index in [1.165, 1.54) is 18.2 Å². The minimum Gasteiger partial charge on any atom is -0.480 e. The molecule has 18 heavy (non-hydrogen) atoms. The molecule has 3 heteroatoms. The highest BCUT2D eigenvalue weighted by molar-refractivity contribution is 5.67. The number of methoxy groups -OCH3 is 1. The maximum absolute atomic E-state index is 9.47. The Balaban J connectivity index is 0.000000232. The monoisotopic (exact) mass is 244 g/mol. The van der Waals surface area contributed by atoms with Gasteiger partial charge in [-0.15, -0.1) is 0 Å². The zero-order valence-corrected chi connectivity index (χ0v) is 10.2. The van der Waals surface area contributed by atoms with Crippen LogP contribution in [0.5, 0.6) is 0 Å². The molecular formula is C15H16O3. The fourth-order valence-corrected chi connectivity index (χ4v) is 1.38. The van der Waals surface area contributed by atoms with Crippen LogP contribution in [0.3, 0.4) is 0 Å². The van der Waals surface area contributed by atoms with E-state index in [2.05, 4.69) is 53.3 Å². The molecule has 2 rings (SSSR count). The van der Waals surface area contributed by atoms with Crippen LogP contribution < -0.4 is 0 Å². The van der Waals surface area contributed by atoms with Gasteiger partial charge in [0.2, 0.25) is 0 Å². The molecule has 0 spiro atoms. The first-order valence-corrected chi connectivity index (χ1v) is 5.55. The minimum atomic E-state index is -0.933. The Kier molecular flexibility index (Phi) is 6.22. The summed E-state index contributed by atoms with van der Waals surface area (Å²) in [5, 5.41) is 7.79. The molecule has 0 aliphatic rings. The molecule has 3 nitrogen and oxygen atoms in total. The van der Waals surface area contributed by atoms with E-state index in [1.807, 2.05) is 12.1 Å². The molecule has 2 aromatic carbocycles. The van der Waals surface area contributed by atoms with Crippen LogP contribution in [-0.2, 0) is 9.53 Å².